The van der Waals surface area contributed by atoms with Crippen LogP contribution in [0.15, 0.2) is 18.2 Å². The van der Waals surface area contributed by atoms with Crippen LogP contribution in [0.4, 0.5) is 5.69 Å². The minimum Gasteiger partial charge on any atom is -0.490 e. The summed E-state index contributed by atoms with van der Waals surface area (Å²) in [5.74, 6) is 0.300. The highest BCUT2D eigenvalue weighted by atomic mass is 16.6. The molecule has 1 aromatic carbocycles. The summed E-state index contributed by atoms with van der Waals surface area (Å²) in [5.41, 5.74) is 0.919. The third kappa shape index (κ3) is 3.46. The molecule has 1 N–H and O–H groups in total. The lowest BCUT2D eigenvalue weighted by atomic mass is 10.1. The van der Waals surface area contributed by atoms with Crippen molar-refractivity contribution >= 4 is 5.69 Å². The van der Waals surface area contributed by atoms with Crippen molar-refractivity contribution in [2.24, 2.45) is 0 Å². The topological polar surface area (TPSA) is 67.6 Å². The Morgan fingerprint density at radius 1 is 1.55 bits per heavy atom. The second-order valence-corrected chi connectivity index (χ2v) is 5.17. The van der Waals surface area contributed by atoms with Gasteiger partial charge in [-0.1, -0.05) is 6.07 Å². The quantitative estimate of drug-likeness (QED) is 0.635. The van der Waals surface area contributed by atoms with E-state index in [2.05, 4.69) is 17.3 Å². The van der Waals surface area contributed by atoms with Crippen molar-refractivity contribution in [3.63, 3.8) is 0 Å². The van der Waals surface area contributed by atoms with Gasteiger partial charge < -0.3 is 15.0 Å². The molecule has 0 saturated carbocycles. The molecule has 110 valence electrons. The monoisotopic (exact) mass is 279 g/mol. The number of hydrogen-bond donors (Lipinski definition) is 1. The lowest BCUT2D eigenvalue weighted by Gasteiger charge is -2.19. The molecular weight excluding hydrogens is 258 g/mol. The first kappa shape index (κ1) is 14.7. The zero-order chi connectivity index (χ0) is 14.5. The standard InChI is InChI=1S/C14H21N3O3/c1-16-7-3-4-12(16)10-15-9-11-5-6-14(20-2)13(8-11)17(18)19/h5-6,8,12,15H,3-4,7,9-10H2,1-2H3. The fraction of sp³-hybridized carbons (Fsp3) is 0.571. The van der Waals surface area contributed by atoms with Crippen LogP contribution >= 0.6 is 0 Å². The van der Waals surface area contributed by atoms with E-state index in [0.717, 1.165) is 18.7 Å². The number of ether oxygens (including phenoxy) is 1. The van der Waals surface area contributed by atoms with Crippen LogP contribution < -0.4 is 10.1 Å². The van der Waals surface area contributed by atoms with Gasteiger partial charge in [-0.25, -0.2) is 0 Å². The zero-order valence-corrected chi connectivity index (χ0v) is 12.0. The van der Waals surface area contributed by atoms with Crippen LogP contribution in [-0.4, -0.2) is 43.1 Å². The van der Waals surface area contributed by atoms with Gasteiger partial charge in [0.25, 0.3) is 0 Å². The largest absolute Gasteiger partial charge is 0.490 e. The van der Waals surface area contributed by atoms with Crippen molar-refractivity contribution in [2.75, 3.05) is 27.2 Å². The number of rotatable bonds is 6. The van der Waals surface area contributed by atoms with Crippen molar-refractivity contribution in [3.8, 4) is 5.75 Å². The van der Waals surface area contributed by atoms with E-state index in [1.807, 2.05) is 6.07 Å². The van der Waals surface area contributed by atoms with Gasteiger partial charge in [0.2, 0.25) is 0 Å². The third-order valence-corrected chi connectivity index (χ3v) is 3.82. The molecule has 2 rings (SSSR count). The molecule has 0 spiro atoms. The lowest BCUT2D eigenvalue weighted by Crippen LogP contribution is -2.35. The molecule has 1 aliphatic rings. The molecule has 1 atom stereocenters. The van der Waals surface area contributed by atoms with E-state index in [1.54, 1.807) is 12.1 Å². The first-order valence-electron chi connectivity index (χ1n) is 6.84. The highest BCUT2D eigenvalue weighted by Gasteiger charge is 2.20. The minimum atomic E-state index is -0.410. The summed E-state index contributed by atoms with van der Waals surface area (Å²) in [5, 5.41) is 14.3. The van der Waals surface area contributed by atoms with Gasteiger partial charge in [0.1, 0.15) is 0 Å². The Balaban J connectivity index is 1.92. The van der Waals surface area contributed by atoms with E-state index in [4.69, 9.17) is 4.74 Å². The van der Waals surface area contributed by atoms with E-state index < -0.39 is 4.92 Å². The van der Waals surface area contributed by atoms with Crippen LogP contribution in [0, 0.1) is 10.1 Å². The van der Waals surface area contributed by atoms with Crippen LogP contribution in [-0.2, 0) is 6.54 Å². The molecule has 0 radical (unpaired) electrons. The van der Waals surface area contributed by atoms with E-state index >= 15 is 0 Å². The van der Waals surface area contributed by atoms with Gasteiger partial charge in [-0.05, 0) is 38.1 Å². The number of nitrogens with zero attached hydrogens (tertiary/aromatic N) is 2. The molecular formula is C14H21N3O3. The summed E-state index contributed by atoms with van der Waals surface area (Å²) >= 11 is 0. The lowest BCUT2D eigenvalue weighted by molar-refractivity contribution is -0.385. The molecule has 6 nitrogen and oxygen atoms in total. The Hall–Kier alpha value is -1.66. The second kappa shape index (κ2) is 6.67. The van der Waals surface area contributed by atoms with Crippen molar-refractivity contribution in [2.45, 2.75) is 25.4 Å². The number of nitro benzene ring substituents is 1. The molecule has 1 unspecified atom stereocenters. The number of nitrogens with one attached hydrogen (secondary N) is 1. The molecule has 0 aliphatic carbocycles. The van der Waals surface area contributed by atoms with Crippen LogP contribution in [0.2, 0.25) is 0 Å². The van der Waals surface area contributed by atoms with E-state index in [0.29, 0.717) is 18.3 Å². The molecule has 0 amide bonds. The molecule has 0 aromatic heterocycles. The van der Waals surface area contributed by atoms with Crippen LogP contribution in [0.5, 0.6) is 5.75 Å². The summed E-state index contributed by atoms with van der Waals surface area (Å²) in [6, 6.07) is 5.65. The van der Waals surface area contributed by atoms with Gasteiger partial charge in [0.15, 0.2) is 5.75 Å². The maximum Gasteiger partial charge on any atom is 0.311 e. The van der Waals surface area contributed by atoms with Crippen molar-refractivity contribution < 1.29 is 9.66 Å². The highest BCUT2D eigenvalue weighted by molar-refractivity contribution is 5.48. The average Bonchev–Trinajstić information content (AvgIpc) is 2.84. The number of benzene rings is 1. The summed E-state index contributed by atoms with van der Waals surface area (Å²) in [6.45, 7) is 2.70. The van der Waals surface area contributed by atoms with Crippen molar-refractivity contribution in [1.82, 2.24) is 10.2 Å². The summed E-state index contributed by atoms with van der Waals surface area (Å²) in [6.07, 6.45) is 2.46. The Kier molecular flexibility index (Phi) is 4.92. The molecule has 0 bridgehead atoms. The number of likely N-dealkylation sites (N-methyl/N-ethyl adjacent to an activating group) is 1. The summed E-state index contributed by atoms with van der Waals surface area (Å²) in [7, 11) is 3.58. The van der Waals surface area contributed by atoms with Gasteiger partial charge in [-0.15, -0.1) is 0 Å². The predicted molar refractivity (Wildman–Crippen MR) is 77.0 cm³/mol. The van der Waals surface area contributed by atoms with Gasteiger partial charge in [-0.3, -0.25) is 10.1 Å². The fourth-order valence-corrected chi connectivity index (χ4v) is 2.61. The smallest absolute Gasteiger partial charge is 0.311 e. The molecule has 6 heteroatoms. The van der Waals surface area contributed by atoms with Crippen LogP contribution in [0.3, 0.4) is 0 Å². The van der Waals surface area contributed by atoms with Crippen LogP contribution in [0.25, 0.3) is 0 Å². The Morgan fingerprint density at radius 2 is 2.35 bits per heavy atom. The van der Waals surface area contributed by atoms with E-state index in [1.165, 1.54) is 20.0 Å². The predicted octanol–water partition coefficient (Wildman–Crippen LogP) is 1.79. The van der Waals surface area contributed by atoms with Gasteiger partial charge in [0, 0.05) is 25.2 Å². The maximum atomic E-state index is 11.0. The SMILES string of the molecule is COc1ccc(CNCC2CCCN2C)cc1[N+](=O)[O-]. The first-order valence-corrected chi connectivity index (χ1v) is 6.84. The van der Waals surface area contributed by atoms with E-state index in [9.17, 15) is 10.1 Å². The normalized spacial score (nSPS) is 19.2. The second-order valence-electron chi connectivity index (χ2n) is 5.17. The maximum absolute atomic E-state index is 11.0. The van der Waals surface area contributed by atoms with Gasteiger partial charge >= 0.3 is 5.69 Å². The number of hydrogen-bond acceptors (Lipinski definition) is 5. The Morgan fingerprint density at radius 3 is 2.95 bits per heavy atom. The van der Waals surface area contributed by atoms with Gasteiger partial charge in [0.05, 0.1) is 12.0 Å². The summed E-state index contributed by atoms with van der Waals surface area (Å²) < 4.78 is 4.99. The minimum absolute atomic E-state index is 0.0183. The Bertz CT molecular complexity index is 479. The molecule has 1 aliphatic heterocycles. The third-order valence-electron chi connectivity index (χ3n) is 3.82. The van der Waals surface area contributed by atoms with Crippen molar-refractivity contribution in [3.05, 3.63) is 33.9 Å². The average molecular weight is 279 g/mol. The molecule has 1 heterocycles. The molecule has 1 saturated heterocycles. The fourth-order valence-electron chi connectivity index (χ4n) is 2.61. The Labute approximate surface area is 118 Å². The highest BCUT2D eigenvalue weighted by Crippen LogP contribution is 2.27. The number of likely N-dealkylation sites (tertiary alicyclic amines) is 1. The molecule has 1 aromatic rings. The van der Waals surface area contributed by atoms with Crippen molar-refractivity contribution in [1.29, 1.82) is 0 Å². The zero-order valence-electron chi connectivity index (χ0n) is 12.0. The summed E-state index contributed by atoms with van der Waals surface area (Å²) in [4.78, 5) is 12.9. The number of methoxy groups -OCH3 is 1. The van der Waals surface area contributed by atoms with E-state index in [-0.39, 0.29) is 5.69 Å². The molecule has 1 fully saturated rings. The van der Waals surface area contributed by atoms with Gasteiger partial charge in [-0.2, -0.15) is 0 Å². The number of nitro groups is 1. The molecule has 20 heavy (non-hydrogen) atoms. The van der Waals surface area contributed by atoms with Crippen LogP contribution in [0.1, 0.15) is 18.4 Å². The first-order chi connectivity index (χ1) is 9.61.